The van der Waals surface area contributed by atoms with E-state index < -0.39 is 27.5 Å². The van der Waals surface area contributed by atoms with Crippen LogP contribution in [0.1, 0.15) is 39.6 Å². The number of carbonyl (C=O) groups excluding carboxylic acids is 1. The third kappa shape index (κ3) is 6.65. The van der Waals surface area contributed by atoms with Crippen LogP contribution in [0.2, 0.25) is 0 Å². The lowest BCUT2D eigenvalue weighted by Crippen LogP contribution is -2.36. The van der Waals surface area contributed by atoms with Crippen molar-refractivity contribution in [2.45, 2.75) is 36.9 Å². The van der Waals surface area contributed by atoms with Gasteiger partial charge in [0.1, 0.15) is 17.6 Å². The summed E-state index contributed by atoms with van der Waals surface area (Å²) in [6, 6.07) is 23.3. The lowest BCUT2D eigenvalue weighted by Gasteiger charge is -2.27. The highest BCUT2D eigenvalue weighted by Gasteiger charge is 2.22. The average molecular weight is 557 g/mol. The number of ether oxygens (including phenoxy) is 1. The molecular formula is C32H32N2O5S. The van der Waals surface area contributed by atoms with Gasteiger partial charge in [0.05, 0.1) is 11.0 Å². The SMILES string of the molecule is Cc1ccc(S(=O)(=O)CC(=O)c2ccc(-c3ccc4c(c3)CC[C@H](CNC[C@H](O)c3cccnc3)O4)cc2)cc1. The number of pyridine rings is 1. The number of nitrogens with one attached hydrogen (secondary N) is 1. The number of aryl methyl sites for hydroxylation is 2. The number of aliphatic hydroxyl groups is 1. The summed E-state index contributed by atoms with van der Waals surface area (Å²) in [5.41, 5.74) is 5.17. The zero-order valence-corrected chi connectivity index (χ0v) is 23.1. The first-order chi connectivity index (χ1) is 19.3. The van der Waals surface area contributed by atoms with Gasteiger partial charge in [0, 0.05) is 36.6 Å². The molecule has 0 fully saturated rings. The van der Waals surface area contributed by atoms with Crippen molar-refractivity contribution in [1.82, 2.24) is 10.3 Å². The van der Waals surface area contributed by atoms with Crippen LogP contribution in [0.5, 0.6) is 5.75 Å². The molecule has 1 aliphatic heterocycles. The Morgan fingerprint density at radius 2 is 1.80 bits per heavy atom. The van der Waals surface area contributed by atoms with Crippen LogP contribution in [-0.4, -0.2) is 49.2 Å². The average Bonchev–Trinajstić information content (AvgIpc) is 2.97. The number of aromatic nitrogens is 1. The van der Waals surface area contributed by atoms with E-state index in [1.54, 1.807) is 36.7 Å². The van der Waals surface area contributed by atoms with Crippen molar-refractivity contribution in [3.8, 4) is 16.9 Å². The van der Waals surface area contributed by atoms with Crippen molar-refractivity contribution in [3.05, 3.63) is 114 Å². The number of rotatable bonds is 10. The third-order valence-electron chi connectivity index (χ3n) is 7.11. The van der Waals surface area contributed by atoms with Crippen LogP contribution in [0.4, 0.5) is 0 Å². The van der Waals surface area contributed by atoms with E-state index in [-0.39, 0.29) is 11.0 Å². The van der Waals surface area contributed by atoms with E-state index >= 15 is 0 Å². The molecule has 3 aromatic carbocycles. The molecule has 1 aromatic heterocycles. The molecule has 5 rings (SSSR count). The Bertz CT molecular complexity index is 1570. The van der Waals surface area contributed by atoms with E-state index in [9.17, 15) is 18.3 Å². The predicted octanol–water partition coefficient (Wildman–Crippen LogP) is 4.73. The van der Waals surface area contributed by atoms with Gasteiger partial charge in [-0.05, 0) is 66.8 Å². The Labute approximate surface area is 234 Å². The van der Waals surface area contributed by atoms with Crippen molar-refractivity contribution in [1.29, 1.82) is 0 Å². The molecule has 8 heteroatoms. The van der Waals surface area contributed by atoms with Gasteiger partial charge in [0.15, 0.2) is 15.6 Å². The van der Waals surface area contributed by atoms with Gasteiger partial charge in [-0.1, -0.05) is 54.1 Å². The Balaban J connectivity index is 1.17. The first-order valence-corrected chi connectivity index (χ1v) is 14.9. The molecule has 4 aromatic rings. The number of aliphatic hydroxyl groups excluding tert-OH is 1. The molecule has 0 radical (unpaired) electrons. The van der Waals surface area contributed by atoms with Gasteiger partial charge < -0.3 is 15.2 Å². The molecule has 0 spiro atoms. The lowest BCUT2D eigenvalue weighted by molar-refractivity contribution is 0.102. The second-order valence-electron chi connectivity index (χ2n) is 10.1. The summed E-state index contributed by atoms with van der Waals surface area (Å²) in [6.07, 6.45) is 4.47. The third-order valence-corrected chi connectivity index (χ3v) is 8.74. The number of hydrogen-bond acceptors (Lipinski definition) is 7. The maximum absolute atomic E-state index is 12.7. The predicted molar refractivity (Wildman–Crippen MR) is 154 cm³/mol. The van der Waals surface area contributed by atoms with Gasteiger partial charge in [0.25, 0.3) is 0 Å². The minimum absolute atomic E-state index is 0.0148. The van der Waals surface area contributed by atoms with E-state index in [2.05, 4.69) is 16.4 Å². The fourth-order valence-electron chi connectivity index (χ4n) is 4.77. The van der Waals surface area contributed by atoms with E-state index in [0.29, 0.717) is 18.7 Å². The summed E-state index contributed by atoms with van der Waals surface area (Å²) in [4.78, 5) is 16.9. The Kier molecular flexibility index (Phi) is 8.40. The molecule has 0 unspecified atom stereocenters. The summed E-state index contributed by atoms with van der Waals surface area (Å²) < 4.78 is 31.5. The van der Waals surface area contributed by atoms with E-state index in [4.69, 9.17) is 4.74 Å². The molecule has 2 atom stereocenters. The number of benzene rings is 3. The molecule has 0 saturated carbocycles. The van der Waals surface area contributed by atoms with Gasteiger partial charge in [-0.15, -0.1) is 0 Å². The highest BCUT2D eigenvalue weighted by atomic mass is 32.2. The van der Waals surface area contributed by atoms with Crippen LogP contribution in [0, 0.1) is 6.92 Å². The standard InChI is InChI=1S/C32H32N2O5S/c1-22-4-13-29(14-5-22)40(37,38)21-31(36)24-8-6-23(7-9-24)25-11-15-32-26(17-25)10-12-28(39-32)19-34-20-30(35)27-3-2-16-33-18-27/h2-9,11,13-18,28,30,34-35H,10,12,19-21H2,1H3/t28-,30+/m1/s1. The Morgan fingerprint density at radius 3 is 2.52 bits per heavy atom. The van der Waals surface area contributed by atoms with Crippen molar-refractivity contribution < 1.29 is 23.1 Å². The van der Waals surface area contributed by atoms with Gasteiger partial charge in [-0.2, -0.15) is 0 Å². The minimum atomic E-state index is -3.71. The van der Waals surface area contributed by atoms with E-state index in [1.165, 1.54) is 12.1 Å². The molecule has 0 bridgehead atoms. The van der Waals surface area contributed by atoms with Gasteiger partial charge in [0.2, 0.25) is 0 Å². The molecule has 0 aliphatic carbocycles. The highest BCUT2D eigenvalue weighted by Crippen LogP contribution is 2.32. The molecule has 0 amide bonds. The second kappa shape index (κ2) is 12.1. The van der Waals surface area contributed by atoms with Gasteiger partial charge in [-0.3, -0.25) is 9.78 Å². The molecule has 206 valence electrons. The summed E-state index contributed by atoms with van der Waals surface area (Å²) in [5.74, 6) is -0.148. The van der Waals surface area contributed by atoms with E-state index in [1.807, 2.05) is 43.3 Å². The first-order valence-electron chi connectivity index (χ1n) is 13.3. The number of carbonyl (C=O) groups is 1. The van der Waals surface area contributed by atoms with Crippen molar-refractivity contribution in [3.63, 3.8) is 0 Å². The molecular weight excluding hydrogens is 524 g/mol. The minimum Gasteiger partial charge on any atom is -0.489 e. The smallest absolute Gasteiger partial charge is 0.185 e. The molecule has 0 saturated heterocycles. The number of nitrogens with zero attached hydrogens (tertiary/aromatic N) is 1. The van der Waals surface area contributed by atoms with Crippen molar-refractivity contribution in [2.75, 3.05) is 18.8 Å². The quantitative estimate of drug-likeness (QED) is 0.272. The Hall–Kier alpha value is -3.85. The van der Waals surface area contributed by atoms with Crippen LogP contribution < -0.4 is 10.1 Å². The molecule has 40 heavy (non-hydrogen) atoms. The fourth-order valence-corrected chi connectivity index (χ4v) is 6.00. The van der Waals surface area contributed by atoms with Crippen LogP contribution in [0.15, 0.2) is 96.2 Å². The number of Topliss-reactive ketones (excluding diaryl/α,β-unsaturated/α-hetero) is 1. The summed E-state index contributed by atoms with van der Waals surface area (Å²) in [7, 11) is -3.71. The number of fused-ring (bicyclic) bond motifs is 1. The number of ketones is 1. The van der Waals surface area contributed by atoms with E-state index in [0.717, 1.165) is 46.4 Å². The topological polar surface area (TPSA) is 106 Å². The molecule has 2 N–H and O–H groups in total. The van der Waals surface area contributed by atoms with Gasteiger partial charge in [-0.25, -0.2) is 8.42 Å². The highest BCUT2D eigenvalue weighted by molar-refractivity contribution is 7.92. The molecule has 7 nitrogen and oxygen atoms in total. The molecule has 1 aliphatic rings. The summed E-state index contributed by atoms with van der Waals surface area (Å²) in [5, 5.41) is 13.6. The lowest BCUT2D eigenvalue weighted by atomic mass is 9.96. The number of hydrogen-bond donors (Lipinski definition) is 2. The Morgan fingerprint density at radius 1 is 1.05 bits per heavy atom. The number of sulfone groups is 1. The second-order valence-corrected chi connectivity index (χ2v) is 12.1. The van der Waals surface area contributed by atoms with Crippen LogP contribution in [0.25, 0.3) is 11.1 Å². The maximum Gasteiger partial charge on any atom is 0.185 e. The van der Waals surface area contributed by atoms with Crippen molar-refractivity contribution in [2.24, 2.45) is 0 Å². The summed E-state index contributed by atoms with van der Waals surface area (Å²) in [6.45, 7) is 2.94. The largest absolute Gasteiger partial charge is 0.489 e. The van der Waals surface area contributed by atoms with Crippen molar-refractivity contribution >= 4 is 15.6 Å². The van der Waals surface area contributed by atoms with Crippen LogP contribution >= 0.6 is 0 Å². The molecule has 2 heterocycles. The fraction of sp³-hybridized carbons (Fsp3) is 0.250. The monoisotopic (exact) mass is 556 g/mol. The zero-order chi connectivity index (χ0) is 28.1. The normalized spacial score (nSPS) is 15.6. The van der Waals surface area contributed by atoms with Crippen LogP contribution in [-0.2, 0) is 16.3 Å². The van der Waals surface area contributed by atoms with Crippen LogP contribution in [0.3, 0.4) is 0 Å². The maximum atomic E-state index is 12.7. The zero-order valence-electron chi connectivity index (χ0n) is 22.3. The summed E-state index contributed by atoms with van der Waals surface area (Å²) >= 11 is 0. The first kappa shape index (κ1) is 27.7. The van der Waals surface area contributed by atoms with Gasteiger partial charge >= 0.3 is 0 Å².